The van der Waals surface area contributed by atoms with Crippen molar-refractivity contribution in [2.24, 2.45) is 0 Å². The number of nitrogens with one attached hydrogen (secondary N) is 2. The third kappa shape index (κ3) is 5.48. The Morgan fingerprint density at radius 3 is 2.64 bits per heavy atom. The highest BCUT2D eigenvalue weighted by Crippen LogP contribution is 2.30. The number of hydrogen-bond donors (Lipinski definition) is 2. The Morgan fingerprint density at radius 1 is 1.09 bits per heavy atom. The Balaban J connectivity index is 1.38. The summed E-state index contributed by atoms with van der Waals surface area (Å²) >= 11 is 1.28. The molecule has 0 bridgehead atoms. The second kappa shape index (κ2) is 9.99. The lowest BCUT2D eigenvalue weighted by molar-refractivity contribution is 0.102. The van der Waals surface area contributed by atoms with Crippen molar-refractivity contribution in [2.75, 3.05) is 30.8 Å². The van der Waals surface area contributed by atoms with Crippen LogP contribution in [0.3, 0.4) is 0 Å². The minimum Gasteiger partial charge on any atom is -0.497 e. The molecule has 9 heteroatoms. The molecule has 8 nitrogen and oxygen atoms in total. The first-order valence-electron chi connectivity index (χ1n) is 10.8. The van der Waals surface area contributed by atoms with Gasteiger partial charge in [0.05, 0.1) is 7.11 Å². The van der Waals surface area contributed by atoms with E-state index >= 15 is 0 Å². The van der Waals surface area contributed by atoms with E-state index in [9.17, 15) is 9.59 Å². The van der Waals surface area contributed by atoms with Crippen molar-refractivity contribution in [3.63, 3.8) is 0 Å². The van der Waals surface area contributed by atoms with E-state index in [4.69, 9.17) is 4.74 Å². The summed E-state index contributed by atoms with van der Waals surface area (Å²) in [6, 6.07) is 13.0. The van der Waals surface area contributed by atoms with Crippen molar-refractivity contribution in [1.82, 2.24) is 15.1 Å². The fraction of sp³-hybridized carbons (Fsp3) is 0.333. The zero-order valence-corrected chi connectivity index (χ0v) is 19.7. The number of methoxy groups -OCH3 is 1. The van der Waals surface area contributed by atoms with Gasteiger partial charge in [-0.2, -0.15) is 0 Å². The van der Waals surface area contributed by atoms with Crippen molar-refractivity contribution in [3.05, 3.63) is 63.6 Å². The molecule has 1 aromatic heterocycles. The number of nitrogens with zero attached hydrogens (tertiary/aromatic N) is 3. The smallest absolute Gasteiger partial charge is 0.321 e. The van der Waals surface area contributed by atoms with Crippen LogP contribution in [0.1, 0.15) is 44.7 Å². The molecule has 0 unspecified atom stereocenters. The average Bonchev–Trinajstić information content (AvgIpc) is 3.33. The average molecular weight is 466 g/mol. The van der Waals surface area contributed by atoms with Gasteiger partial charge in [0, 0.05) is 30.4 Å². The van der Waals surface area contributed by atoms with Crippen LogP contribution in [-0.4, -0.2) is 47.2 Å². The summed E-state index contributed by atoms with van der Waals surface area (Å²) < 4.78 is 5.13. The first kappa shape index (κ1) is 22.7. The molecule has 172 valence electrons. The van der Waals surface area contributed by atoms with E-state index in [1.807, 2.05) is 36.9 Å². The topological polar surface area (TPSA) is 96.4 Å². The van der Waals surface area contributed by atoms with Crippen LogP contribution < -0.4 is 15.4 Å². The zero-order valence-electron chi connectivity index (χ0n) is 18.9. The fourth-order valence-corrected chi connectivity index (χ4v) is 4.64. The number of hydrogen-bond acceptors (Lipinski definition) is 6. The number of carbonyl (C=O) groups excluding carboxylic acids is 2. The second-order valence-corrected chi connectivity index (χ2v) is 9.17. The SMILES string of the molecule is COc1ccc(NC(=O)c2nnc([C@H]3CCCN(C(=O)Nc4cc(C)ccc4C)C3)s2)cc1. The summed E-state index contributed by atoms with van der Waals surface area (Å²) in [4.78, 5) is 27.3. The molecule has 2 aromatic carbocycles. The summed E-state index contributed by atoms with van der Waals surface area (Å²) in [5, 5.41) is 15.3. The molecule has 3 aromatic rings. The van der Waals surface area contributed by atoms with Gasteiger partial charge in [-0.05, 0) is 68.1 Å². The number of amides is 3. The van der Waals surface area contributed by atoms with Gasteiger partial charge >= 0.3 is 6.03 Å². The van der Waals surface area contributed by atoms with E-state index in [2.05, 4.69) is 20.8 Å². The molecule has 33 heavy (non-hydrogen) atoms. The van der Waals surface area contributed by atoms with Crippen LogP contribution >= 0.6 is 11.3 Å². The molecular formula is C24H27N5O3S. The van der Waals surface area contributed by atoms with E-state index in [-0.39, 0.29) is 17.9 Å². The lowest BCUT2D eigenvalue weighted by atomic mass is 9.99. The van der Waals surface area contributed by atoms with Crippen LogP contribution in [0, 0.1) is 13.8 Å². The van der Waals surface area contributed by atoms with Crippen LogP contribution in [0.25, 0.3) is 0 Å². The number of anilines is 2. The predicted molar refractivity (Wildman–Crippen MR) is 129 cm³/mol. The van der Waals surface area contributed by atoms with E-state index < -0.39 is 0 Å². The van der Waals surface area contributed by atoms with Gasteiger partial charge < -0.3 is 20.3 Å². The molecule has 0 aliphatic carbocycles. The van der Waals surface area contributed by atoms with Gasteiger partial charge in [-0.1, -0.05) is 23.5 Å². The minimum absolute atomic E-state index is 0.0585. The summed E-state index contributed by atoms with van der Waals surface area (Å²) in [6.07, 6.45) is 1.78. The molecule has 1 atom stereocenters. The van der Waals surface area contributed by atoms with Gasteiger partial charge in [-0.3, -0.25) is 4.79 Å². The van der Waals surface area contributed by atoms with Crippen LogP contribution in [0.5, 0.6) is 5.75 Å². The molecule has 2 N–H and O–H groups in total. The maximum absolute atomic E-state index is 12.9. The molecule has 0 radical (unpaired) electrons. The lowest BCUT2D eigenvalue weighted by Gasteiger charge is -2.31. The van der Waals surface area contributed by atoms with E-state index in [0.29, 0.717) is 23.8 Å². The van der Waals surface area contributed by atoms with E-state index in [1.165, 1.54) is 11.3 Å². The maximum atomic E-state index is 12.9. The van der Waals surface area contributed by atoms with Crippen molar-refractivity contribution < 1.29 is 14.3 Å². The predicted octanol–water partition coefficient (Wildman–Crippen LogP) is 4.83. The van der Waals surface area contributed by atoms with Gasteiger partial charge in [0.15, 0.2) is 0 Å². The molecular weight excluding hydrogens is 438 g/mol. The molecule has 1 aliphatic rings. The molecule has 0 spiro atoms. The lowest BCUT2D eigenvalue weighted by Crippen LogP contribution is -2.41. The summed E-state index contributed by atoms with van der Waals surface area (Å²) in [5.74, 6) is 0.474. The molecule has 3 amide bonds. The number of carbonyl (C=O) groups is 2. The largest absolute Gasteiger partial charge is 0.497 e. The normalized spacial score (nSPS) is 15.7. The molecule has 2 heterocycles. The van der Waals surface area contributed by atoms with Crippen LogP contribution in [-0.2, 0) is 0 Å². The Labute approximate surface area is 197 Å². The van der Waals surface area contributed by atoms with Gasteiger partial charge in [-0.25, -0.2) is 4.79 Å². The van der Waals surface area contributed by atoms with Gasteiger partial charge in [-0.15, -0.1) is 10.2 Å². The molecule has 1 fully saturated rings. The van der Waals surface area contributed by atoms with Crippen molar-refractivity contribution in [1.29, 1.82) is 0 Å². The van der Waals surface area contributed by atoms with Crippen molar-refractivity contribution >= 4 is 34.6 Å². The highest BCUT2D eigenvalue weighted by Gasteiger charge is 2.28. The summed E-state index contributed by atoms with van der Waals surface area (Å²) in [6.45, 7) is 5.22. The summed E-state index contributed by atoms with van der Waals surface area (Å²) in [7, 11) is 1.59. The number of ether oxygens (including phenoxy) is 1. The van der Waals surface area contributed by atoms with Crippen LogP contribution in [0.2, 0.25) is 0 Å². The number of benzene rings is 2. The highest BCUT2D eigenvalue weighted by atomic mass is 32.1. The third-order valence-electron chi connectivity index (χ3n) is 5.68. The number of aromatic nitrogens is 2. The van der Waals surface area contributed by atoms with E-state index in [1.54, 1.807) is 31.4 Å². The van der Waals surface area contributed by atoms with Crippen molar-refractivity contribution in [2.45, 2.75) is 32.6 Å². The molecule has 0 saturated carbocycles. The number of aryl methyl sites for hydroxylation is 2. The molecule has 1 saturated heterocycles. The number of likely N-dealkylation sites (tertiary alicyclic amines) is 1. The fourth-order valence-electron chi connectivity index (χ4n) is 3.78. The Morgan fingerprint density at radius 2 is 1.88 bits per heavy atom. The van der Waals surface area contributed by atoms with Gasteiger partial charge in [0.25, 0.3) is 5.91 Å². The van der Waals surface area contributed by atoms with Crippen LogP contribution in [0.15, 0.2) is 42.5 Å². The zero-order chi connectivity index (χ0) is 23.4. The Kier molecular flexibility index (Phi) is 6.88. The summed E-state index contributed by atoms with van der Waals surface area (Å²) in [5.41, 5.74) is 3.61. The maximum Gasteiger partial charge on any atom is 0.321 e. The molecule has 4 rings (SSSR count). The minimum atomic E-state index is -0.302. The Hall–Kier alpha value is -3.46. The third-order valence-corrected chi connectivity index (χ3v) is 6.76. The second-order valence-electron chi connectivity index (χ2n) is 8.16. The number of rotatable bonds is 5. The molecule has 1 aliphatic heterocycles. The van der Waals surface area contributed by atoms with E-state index in [0.717, 1.165) is 40.4 Å². The van der Waals surface area contributed by atoms with Gasteiger partial charge in [0.1, 0.15) is 10.8 Å². The quantitative estimate of drug-likeness (QED) is 0.563. The number of urea groups is 1. The first-order chi connectivity index (χ1) is 15.9. The monoisotopic (exact) mass is 465 g/mol. The first-order valence-corrected chi connectivity index (χ1v) is 11.7. The van der Waals surface area contributed by atoms with Crippen LogP contribution in [0.4, 0.5) is 16.2 Å². The van der Waals surface area contributed by atoms with Crippen molar-refractivity contribution in [3.8, 4) is 5.75 Å². The highest BCUT2D eigenvalue weighted by molar-refractivity contribution is 7.13. The van der Waals surface area contributed by atoms with Gasteiger partial charge in [0.2, 0.25) is 5.01 Å². The number of piperidine rings is 1. The standard InChI is InChI=1S/C24H27N5O3S/c1-15-6-7-16(2)20(13-15)26-24(31)29-12-4-5-17(14-29)22-27-28-23(33-22)21(30)25-18-8-10-19(32-3)11-9-18/h6-11,13,17H,4-5,12,14H2,1-3H3,(H,25,30)(H,26,31)/t17-/m0/s1. The Bertz CT molecular complexity index is 1150.